The van der Waals surface area contributed by atoms with Crippen molar-refractivity contribution in [3.05, 3.63) is 54.1 Å². The molecule has 0 spiro atoms. The minimum absolute atomic E-state index is 0.224. The van der Waals surface area contributed by atoms with Gasteiger partial charge in [0.1, 0.15) is 11.3 Å². The first kappa shape index (κ1) is 19.1. The molecular formula is C23H24N2O4. The average molecular weight is 392 g/mol. The SMILES string of the molecule is COc1ccc(-c2[nH]c3ccccc3c2CCC(=O)NC2(C(=O)O)CCC2)cc1. The molecule has 0 bridgehead atoms. The highest BCUT2D eigenvalue weighted by Crippen LogP contribution is 2.34. The van der Waals surface area contributed by atoms with E-state index in [2.05, 4.69) is 10.3 Å². The maximum absolute atomic E-state index is 12.5. The Balaban J connectivity index is 1.59. The van der Waals surface area contributed by atoms with Crippen molar-refractivity contribution in [3.8, 4) is 17.0 Å². The summed E-state index contributed by atoms with van der Waals surface area (Å²) in [6.07, 6.45) is 2.58. The summed E-state index contributed by atoms with van der Waals surface area (Å²) in [7, 11) is 1.63. The fourth-order valence-corrected chi connectivity index (χ4v) is 3.95. The largest absolute Gasteiger partial charge is 0.497 e. The zero-order valence-electron chi connectivity index (χ0n) is 16.3. The van der Waals surface area contributed by atoms with Crippen molar-refractivity contribution in [2.45, 2.75) is 37.6 Å². The number of carbonyl (C=O) groups is 2. The van der Waals surface area contributed by atoms with Crippen LogP contribution in [0.3, 0.4) is 0 Å². The van der Waals surface area contributed by atoms with E-state index < -0.39 is 11.5 Å². The lowest BCUT2D eigenvalue weighted by molar-refractivity contribution is -0.151. The highest BCUT2D eigenvalue weighted by molar-refractivity contribution is 5.92. The molecule has 1 saturated carbocycles. The second kappa shape index (κ2) is 7.62. The Hall–Kier alpha value is -3.28. The van der Waals surface area contributed by atoms with Gasteiger partial charge in [-0.2, -0.15) is 0 Å². The zero-order valence-corrected chi connectivity index (χ0v) is 16.3. The number of amides is 1. The summed E-state index contributed by atoms with van der Waals surface area (Å²) in [5.74, 6) is -0.383. The Morgan fingerprint density at radius 3 is 2.48 bits per heavy atom. The van der Waals surface area contributed by atoms with E-state index in [0.29, 0.717) is 19.3 Å². The first-order valence-corrected chi connectivity index (χ1v) is 9.81. The number of aromatic amines is 1. The quantitative estimate of drug-likeness (QED) is 0.569. The number of benzene rings is 2. The van der Waals surface area contributed by atoms with Gasteiger partial charge in [-0.25, -0.2) is 4.79 Å². The van der Waals surface area contributed by atoms with E-state index in [0.717, 1.165) is 39.9 Å². The minimum Gasteiger partial charge on any atom is -0.497 e. The van der Waals surface area contributed by atoms with Gasteiger partial charge in [-0.3, -0.25) is 4.79 Å². The molecular weight excluding hydrogens is 368 g/mol. The van der Waals surface area contributed by atoms with Gasteiger partial charge < -0.3 is 20.1 Å². The molecule has 0 radical (unpaired) electrons. The number of aryl methyl sites for hydroxylation is 1. The Kier molecular flexibility index (Phi) is 5.01. The van der Waals surface area contributed by atoms with E-state index in [1.807, 2.05) is 48.5 Å². The molecule has 6 nitrogen and oxygen atoms in total. The van der Waals surface area contributed by atoms with Crippen LogP contribution < -0.4 is 10.1 Å². The van der Waals surface area contributed by atoms with Gasteiger partial charge in [0, 0.05) is 23.0 Å². The van der Waals surface area contributed by atoms with Crippen LogP contribution >= 0.6 is 0 Å². The third kappa shape index (κ3) is 3.58. The second-order valence-electron chi connectivity index (χ2n) is 7.54. The van der Waals surface area contributed by atoms with Crippen molar-refractivity contribution in [1.82, 2.24) is 10.3 Å². The molecule has 1 aliphatic carbocycles. The number of para-hydroxylation sites is 1. The number of hydrogen-bond acceptors (Lipinski definition) is 3. The van der Waals surface area contributed by atoms with Crippen molar-refractivity contribution in [1.29, 1.82) is 0 Å². The fraction of sp³-hybridized carbons (Fsp3) is 0.304. The Morgan fingerprint density at radius 2 is 1.86 bits per heavy atom. The lowest BCUT2D eigenvalue weighted by atomic mass is 9.76. The summed E-state index contributed by atoms with van der Waals surface area (Å²) in [6, 6.07) is 15.8. The molecule has 2 aromatic carbocycles. The monoisotopic (exact) mass is 392 g/mol. The summed E-state index contributed by atoms with van der Waals surface area (Å²) in [5, 5.41) is 13.3. The molecule has 150 valence electrons. The van der Waals surface area contributed by atoms with Crippen molar-refractivity contribution >= 4 is 22.8 Å². The van der Waals surface area contributed by atoms with Crippen LogP contribution in [-0.4, -0.2) is 34.6 Å². The van der Waals surface area contributed by atoms with Gasteiger partial charge in [0.2, 0.25) is 5.91 Å². The maximum atomic E-state index is 12.5. The smallest absolute Gasteiger partial charge is 0.329 e. The van der Waals surface area contributed by atoms with Gasteiger partial charge in [0.05, 0.1) is 7.11 Å². The molecule has 3 N–H and O–H groups in total. The zero-order chi connectivity index (χ0) is 20.4. The summed E-state index contributed by atoms with van der Waals surface area (Å²) < 4.78 is 5.24. The van der Waals surface area contributed by atoms with Gasteiger partial charge in [-0.1, -0.05) is 18.2 Å². The van der Waals surface area contributed by atoms with Crippen LogP contribution in [0.5, 0.6) is 5.75 Å². The lowest BCUT2D eigenvalue weighted by Gasteiger charge is -2.38. The predicted octanol–water partition coefficient (Wildman–Crippen LogP) is 3.90. The van der Waals surface area contributed by atoms with Gasteiger partial charge in [0.15, 0.2) is 0 Å². The molecule has 1 fully saturated rings. The number of H-pyrrole nitrogens is 1. The number of hydrogen-bond donors (Lipinski definition) is 3. The molecule has 1 aliphatic rings. The molecule has 0 atom stereocenters. The number of carbonyl (C=O) groups excluding carboxylic acids is 1. The molecule has 29 heavy (non-hydrogen) atoms. The van der Waals surface area contributed by atoms with E-state index in [1.54, 1.807) is 7.11 Å². The number of carboxylic acid groups (broad SMARTS) is 1. The molecule has 1 aromatic heterocycles. The number of rotatable bonds is 7. The summed E-state index contributed by atoms with van der Waals surface area (Å²) in [4.78, 5) is 27.5. The first-order chi connectivity index (χ1) is 14.0. The van der Waals surface area contributed by atoms with Crippen molar-refractivity contribution < 1.29 is 19.4 Å². The topological polar surface area (TPSA) is 91.4 Å². The van der Waals surface area contributed by atoms with Crippen LogP contribution in [0, 0.1) is 0 Å². The molecule has 3 aromatic rings. The molecule has 0 saturated heterocycles. The number of aromatic nitrogens is 1. The highest BCUT2D eigenvalue weighted by Gasteiger charge is 2.45. The van der Waals surface area contributed by atoms with Crippen LogP contribution in [0.25, 0.3) is 22.2 Å². The van der Waals surface area contributed by atoms with Gasteiger partial charge >= 0.3 is 5.97 Å². The van der Waals surface area contributed by atoms with E-state index in [9.17, 15) is 14.7 Å². The predicted molar refractivity (Wildman–Crippen MR) is 111 cm³/mol. The molecule has 6 heteroatoms. The van der Waals surface area contributed by atoms with Crippen LogP contribution in [-0.2, 0) is 16.0 Å². The van der Waals surface area contributed by atoms with Crippen LogP contribution in [0.15, 0.2) is 48.5 Å². The normalized spacial score (nSPS) is 14.9. The van der Waals surface area contributed by atoms with Crippen molar-refractivity contribution in [2.24, 2.45) is 0 Å². The molecule has 4 rings (SSSR count). The third-order valence-corrected chi connectivity index (χ3v) is 5.79. The molecule has 1 heterocycles. The number of carboxylic acids is 1. The lowest BCUT2D eigenvalue weighted by Crippen LogP contribution is -2.59. The average Bonchev–Trinajstić information content (AvgIpc) is 3.07. The molecule has 1 amide bonds. The maximum Gasteiger partial charge on any atom is 0.329 e. The van der Waals surface area contributed by atoms with E-state index in [1.165, 1.54) is 0 Å². The Bertz CT molecular complexity index is 1050. The number of nitrogens with one attached hydrogen (secondary N) is 2. The third-order valence-electron chi connectivity index (χ3n) is 5.79. The van der Waals surface area contributed by atoms with Gasteiger partial charge in [-0.15, -0.1) is 0 Å². The second-order valence-corrected chi connectivity index (χ2v) is 7.54. The van der Waals surface area contributed by atoms with E-state index in [-0.39, 0.29) is 12.3 Å². The van der Waals surface area contributed by atoms with E-state index in [4.69, 9.17) is 4.74 Å². The van der Waals surface area contributed by atoms with Gasteiger partial charge in [0.25, 0.3) is 0 Å². The number of ether oxygens (including phenoxy) is 1. The van der Waals surface area contributed by atoms with Crippen LogP contribution in [0.4, 0.5) is 0 Å². The fourth-order valence-electron chi connectivity index (χ4n) is 3.95. The standard InChI is InChI=1S/C23H24N2O4/c1-29-16-9-7-15(8-10-16)21-18(17-5-2-3-6-19(17)24-21)11-12-20(26)25-23(22(27)28)13-4-14-23/h2-3,5-10,24H,4,11-14H2,1H3,(H,25,26)(H,27,28). The van der Waals surface area contributed by atoms with Crippen molar-refractivity contribution in [3.63, 3.8) is 0 Å². The first-order valence-electron chi connectivity index (χ1n) is 9.81. The molecule has 0 unspecified atom stereocenters. The number of aliphatic carboxylic acids is 1. The number of fused-ring (bicyclic) bond motifs is 1. The summed E-state index contributed by atoms with van der Waals surface area (Å²) >= 11 is 0. The Labute approximate surface area is 168 Å². The van der Waals surface area contributed by atoms with Crippen molar-refractivity contribution in [2.75, 3.05) is 7.11 Å². The van der Waals surface area contributed by atoms with Crippen LogP contribution in [0.1, 0.15) is 31.2 Å². The summed E-state index contributed by atoms with van der Waals surface area (Å²) in [5.41, 5.74) is 2.97. The molecule has 0 aliphatic heterocycles. The summed E-state index contributed by atoms with van der Waals surface area (Å²) in [6.45, 7) is 0. The minimum atomic E-state index is -1.07. The highest BCUT2D eigenvalue weighted by atomic mass is 16.5. The van der Waals surface area contributed by atoms with E-state index >= 15 is 0 Å². The van der Waals surface area contributed by atoms with Gasteiger partial charge in [-0.05, 0) is 67.1 Å². The van der Waals surface area contributed by atoms with Crippen LogP contribution in [0.2, 0.25) is 0 Å². The number of methoxy groups -OCH3 is 1. The Morgan fingerprint density at radius 1 is 1.14 bits per heavy atom.